The third kappa shape index (κ3) is 3.52. The van der Waals surface area contributed by atoms with Gasteiger partial charge in [-0.3, -0.25) is 0 Å². The van der Waals surface area contributed by atoms with Gasteiger partial charge in [-0.05, 0) is 65.1 Å². The van der Waals surface area contributed by atoms with Gasteiger partial charge in [-0.15, -0.1) is 11.3 Å². The molecule has 0 amide bonds. The molecule has 2 aromatic carbocycles. The molecule has 0 aliphatic carbocycles. The lowest BCUT2D eigenvalue weighted by Gasteiger charge is -2.01. The fourth-order valence-electron chi connectivity index (χ4n) is 2.43. The smallest absolute Gasteiger partial charge is 0.231 e. The molecule has 0 atom stereocenters. The minimum atomic E-state index is 0.243. The van der Waals surface area contributed by atoms with Crippen LogP contribution in [0.2, 0.25) is 0 Å². The summed E-state index contributed by atoms with van der Waals surface area (Å²) in [6.45, 7) is 0.243. The summed E-state index contributed by atoms with van der Waals surface area (Å²) in [6.07, 6.45) is 1.68. The predicted octanol–water partition coefficient (Wildman–Crippen LogP) is 5.12. The van der Waals surface area contributed by atoms with Crippen LogP contribution >= 0.6 is 33.9 Å². The van der Waals surface area contributed by atoms with E-state index < -0.39 is 0 Å². The van der Waals surface area contributed by atoms with Gasteiger partial charge < -0.3 is 14.8 Å². The Morgan fingerprint density at radius 3 is 2.81 bits per heavy atom. The van der Waals surface area contributed by atoms with Gasteiger partial charge in [-0.2, -0.15) is 5.26 Å². The third-order valence-corrected chi connectivity index (χ3v) is 5.35. The minimum Gasteiger partial charge on any atom is -0.454 e. The van der Waals surface area contributed by atoms with Crippen LogP contribution in [0.5, 0.6) is 11.5 Å². The lowest BCUT2D eigenvalue weighted by molar-refractivity contribution is 0.174. The molecule has 7 heteroatoms. The molecule has 1 aliphatic rings. The number of ether oxygens (including phenoxy) is 2. The van der Waals surface area contributed by atoms with Crippen LogP contribution in [0.1, 0.15) is 5.01 Å². The number of hydrogen-bond donors (Lipinski definition) is 1. The highest BCUT2D eigenvalue weighted by molar-refractivity contribution is 14.1. The van der Waals surface area contributed by atoms with Crippen LogP contribution in [0, 0.1) is 14.9 Å². The molecule has 0 spiro atoms. The first-order valence-corrected chi connectivity index (χ1v) is 9.67. The zero-order valence-corrected chi connectivity index (χ0v) is 16.4. The topological polar surface area (TPSA) is 67.2 Å². The molecule has 1 aromatic heterocycles. The Bertz CT molecular complexity index is 1020. The fourth-order valence-corrected chi connectivity index (χ4v) is 3.58. The Hall–Kier alpha value is -2.57. The molecular formula is C19H12IN3O2S. The molecule has 0 saturated carbocycles. The SMILES string of the molecule is N#C/C(=C\Nc1ccc(I)cc1)c1nc(-c2ccc3c(c2)OCO3)cs1. The Balaban J connectivity index is 1.56. The summed E-state index contributed by atoms with van der Waals surface area (Å²) >= 11 is 3.69. The Kier molecular flexibility index (Phi) is 4.77. The van der Waals surface area contributed by atoms with Crippen LogP contribution in [0.3, 0.4) is 0 Å². The van der Waals surface area contributed by atoms with E-state index in [-0.39, 0.29) is 6.79 Å². The first-order chi connectivity index (χ1) is 12.7. The van der Waals surface area contributed by atoms with E-state index >= 15 is 0 Å². The zero-order chi connectivity index (χ0) is 17.9. The van der Waals surface area contributed by atoms with Crippen molar-refractivity contribution in [2.24, 2.45) is 0 Å². The number of fused-ring (bicyclic) bond motifs is 1. The molecule has 0 radical (unpaired) electrons. The number of hydrogen-bond acceptors (Lipinski definition) is 6. The largest absolute Gasteiger partial charge is 0.454 e. The van der Waals surface area contributed by atoms with E-state index in [4.69, 9.17) is 9.47 Å². The van der Waals surface area contributed by atoms with Crippen LogP contribution in [0.4, 0.5) is 5.69 Å². The number of nitrogens with zero attached hydrogens (tertiary/aromatic N) is 2. The number of allylic oxidation sites excluding steroid dienone is 1. The van der Waals surface area contributed by atoms with E-state index in [0.717, 1.165) is 26.3 Å². The summed E-state index contributed by atoms with van der Waals surface area (Å²) < 4.78 is 11.9. The first kappa shape index (κ1) is 16.9. The number of aromatic nitrogens is 1. The number of nitriles is 1. The van der Waals surface area contributed by atoms with Gasteiger partial charge in [0.2, 0.25) is 6.79 Å². The summed E-state index contributed by atoms with van der Waals surface area (Å²) in [5, 5.41) is 15.2. The quantitative estimate of drug-likeness (QED) is 0.421. The summed E-state index contributed by atoms with van der Waals surface area (Å²) in [6, 6.07) is 15.9. The number of anilines is 1. The second kappa shape index (κ2) is 7.35. The summed E-state index contributed by atoms with van der Waals surface area (Å²) in [5.41, 5.74) is 3.14. The molecular weight excluding hydrogens is 461 g/mol. The van der Waals surface area contributed by atoms with Gasteiger partial charge >= 0.3 is 0 Å². The molecule has 0 unspecified atom stereocenters. The molecule has 128 valence electrons. The third-order valence-electron chi connectivity index (χ3n) is 3.75. The van der Waals surface area contributed by atoms with Crippen molar-refractivity contribution in [1.29, 1.82) is 5.26 Å². The van der Waals surface area contributed by atoms with Gasteiger partial charge in [0.15, 0.2) is 11.5 Å². The second-order valence-corrected chi connectivity index (χ2v) is 7.53. The first-order valence-electron chi connectivity index (χ1n) is 7.71. The van der Waals surface area contributed by atoms with Crippen LogP contribution < -0.4 is 14.8 Å². The number of rotatable bonds is 4. The van der Waals surface area contributed by atoms with E-state index in [1.54, 1.807) is 6.20 Å². The van der Waals surface area contributed by atoms with E-state index in [2.05, 4.69) is 39.0 Å². The highest BCUT2D eigenvalue weighted by Gasteiger charge is 2.15. The zero-order valence-electron chi connectivity index (χ0n) is 13.4. The maximum absolute atomic E-state index is 9.48. The van der Waals surface area contributed by atoms with Crippen LogP contribution in [0.25, 0.3) is 16.8 Å². The highest BCUT2D eigenvalue weighted by Crippen LogP contribution is 2.36. The molecule has 5 nitrogen and oxygen atoms in total. The molecule has 1 N–H and O–H groups in total. The van der Waals surface area contributed by atoms with Gasteiger partial charge in [0.05, 0.1) is 5.69 Å². The van der Waals surface area contributed by atoms with E-state index in [1.165, 1.54) is 11.3 Å². The second-order valence-electron chi connectivity index (χ2n) is 5.43. The summed E-state index contributed by atoms with van der Waals surface area (Å²) in [7, 11) is 0. The Morgan fingerprint density at radius 1 is 1.19 bits per heavy atom. The lowest BCUT2D eigenvalue weighted by Crippen LogP contribution is -1.92. The minimum absolute atomic E-state index is 0.243. The van der Waals surface area contributed by atoms with Gasteiger partial charge in [0.1, 0.15) is 16.6 Å². The molecule has 4 rings (SSSR count). The molecule has 0 saturated heterocycles. The molecule has 0 bridgehead atoms. The molecule has 2 heterocycles. The predicted molar refractivity (Wildman–Crippen MR) is 110 cm³/mol. The highest BCUT2D eigenvalue weighted by atomic mass is 127. The van der Waals surface area contributed by atoms with Gasteiger partial charge in [-0.25, -0.2) is 4.98 Å². The monoisotopic (exact) mass is 473 g/mol. The van der Waals surface area contributed by atoms with Crippen LogP contribution in [-0.4, -0.2) is 11.8 Å². The van der Waals surface area contributed by atoms with E-state index in [0.29, 0.717) is 16.3 Å². The van der Waals surface area contributed by atoms with Crippen molar-refractivity contribution in [2.45, 2.75) is 0 Å². The number of nitrogens with one attached hydrogen (secondary N) is 1. The fraction of sp³-hybridized carbons (Fsp3) is 0.0526. The van der Waals surface area contributed by atoms with Crippen molar-refractivity contribution in [3.63, 3.8) is 0 Å². The van der Waals surface area contributed by atoms with Crippen molar-refractivity contribution in [3.05, 3.63) is 62.6 Å². The summed E-state index contributed by atoms with van der Waals surface area (Å²) in [4.78, 5) is 4.59. The van der Waals surface area contributed by atoms with E-state index in [9.17, 15) is 5.26 Å². The molecule has 3 aromatic rings. The maximum atomic E-state index is 9.48. The maximum Gasteiger partial charge on any atom is 0.231 e. The Morgan fingerprint density at radius 2 is 2.00 bits per heavy atom. The number of benzene rings is 2. The number of thiazole rings is 1. The average molecular weight is 473 g/mol. The van der Waals surface area contributed by atoms with Crippen LogP contribution in [-0.2, 0) is 0 Å². The van der Waals surface area contributed by atoms with Crippen molar-refractivity contribution in [3.8, 4) is 28.8 Å². The molecule has 0 fully saturated rings. The van der Waals surface area contributed by atoms with Crippen LogP contribution in [0.15, 0.2) is 54.0 Å². The van der Waals surface area contributed by atoms with Gasteiger partial charge in [0.25, 0.3) is 0 Å². The lowest BCUT2D eigenvalue weighted by atomic mass is 10.1. The van der Waals surface area contributed by atoms with Gasteiger partial charge in [0, 0.05) is 26.4 Å². The van der Waals surface area contributed by atoms with Crippen molar-refractivity contribution in [1.82, 2.24) is 4.98 Å². The average Bonchev–Trinajstić information content (AvgIpc) is 3.32. The van der Waals surface area contributed by atoms with Crippen molar-refractivity contribution in [2.75, 3.05) is 12.1 Å². The molecule has 1 aliphatic heterocycles. The van der Waals surface area contributed by atoms with Crippen molar-refractivity contribution >= 4 is 45.2 Å². The Labute approximate surface area is 168 Å². The van der Waals surface area contributed by atoms with Crippen molar-refractivity contribution < 1.29 is 9.47 Å². The summed E-state index contributed by atoms with van der Waals surface area (Å²) in [5.74, 6) is 1.46. The standard InChI is InChI=1S/C19H12IN3O2S/c20-14-2-4-15(5-3-14)22-9-13(8-21)19-23-16(10-26-19)12-1-6-17-18(7-12)25-11-24-17/h1-7,9-10,22H,11H2/b13-9+. The van der Waals surface area contributed by atoms with E-state index in [1.807, 2.05) is 47.8 Å². The van der Waals surface area contributed by atoms with Gasteiger partial charge in [-0.1, -0.05) is 0 Å². The number of halogens is 1. The normalized spacial score (nSPS) is 12.7. The molecule has 26 heavy (non-hydrogen) atoms.